The third kappa shape index (κ3) is 5.41. The summed E-state index contributed by atoms with van der Waals surface area (Å²) in [7, 11) is 0. The van der Waals surface area contributed by atoms with Gasteiger partial charge in [0, 0.05) is 43.9 Å². The summed E-state index contributed by atoms with van der Waals surface area (Å²) in [6.45, 7) is 4.69. The van der Waals surface area contributed by atoms with Gasteiger partial charge in [-0.25, -0.2) is 0 Å². The van der Waals surface area contributed by atoms with Crippen molar-refractivity contribution in [3.63, 3.8) is 0 Å². The Labute approximate surface area is 371 Å². The zero-order chi connectivity index (χ0) is 42.5. The quantitative estimate of drug-likeness (QED) is 0.167. The van der Waals surface area contributed by atoms with E-state index in [1.807, 2.05) is 0 Å². The van der Waals surface area contributed by atoms with Crippen LogP contribution in [0.5, 0.6) is 0 Å². The van der Waals surface area contributed by atoms with Gasteiger partial charge in [-0.1, -0.05) is 178 Å². The van der Waals surface area contributed by atoms with Gasteiger partial charge in [-0.05, 0) is 104 Å². The minimum atomic E-state index is -0.137. The average molecular weight is 819 g/mol. The van der Waals surface area contributed by atoms with E-state index >= 15 is 0 Å². The van der Waals surface area contributed by atoms with Crippen molar-refractivity contribution in [2.24, 2.45) is 0 Å². The number of anilines is 3. The van der Waals surface area contributed by atoms with E-state index in [9.17, 15) is 0 Å². The maximum absolute atomic E-state index is 6.90. The van der Waals surface area contributed by atoms with Gasteiger partial charge in [0.1, 0.15) is 5.58 Å². The molecule has 10 aromatic carbocycles. The molecule has 0 spiro atoms. The van der Waals surface area contributed by atoms with E-state index in [4.69, 9.17) is 4.42 Å². The van der Waals surface area contributed by atoms with Crippen LogP contribution in [0.2, 0.25) is 0 Å². The lowest BCUT2D eigenvalue weighted by Gasteiger charge is -2.29. The summed E-state index contributed by atoms with van der Waals surface area (Å²) in [6.07, 6.45) is 0. The second kappa shape index (κ2) is 13.9. The van der Waals surface area contributed by atoms with Gasteiger partial charge in [-0.15, -0.1) is 0 Å². The first-order chi connectivity index (χ1) is 31.5. The van der Waals surface area contributed by atoms with Gasteiger partial charge < -0.3 is 13.9 Å². The first kappa shape index (κ1) is 36.5. The van der Waals surface area contributed by atoms with E-state index in [1.165, 1.54) is 71.5 Å². The molecule has 302 valence electrons. The minimum absolute atomic E-state index is 0.137. The van der Waals surface area contributed by atoms with E-state index in [-0.39, 0.29) is 5.41 Å². The summed E-state index contributed by atoms with van der Waals surface area (Å²) in [5, 5.41) is 7.21. The number of fused-ring (bicyclic) bond motifs is 11. The maximum atomic E-state index is 6.90. The fourth-order valence-corrected chi connectivity index (χ4v) is 10.7. The van der Waals surface area contributed by atoms with E-state index in [2.05, 4.69) is 242 Å². The lowest BCUT2D eigenvalue weighted by molar-refractivity contribution is 0.660. The minimum Gasteiger partial charge on any atom is -0.454 e. The van der Waals surface area contributed by atoms with Crippen LogP contribution in [0.4, 0.5) is 17.1 Å². The third-order valence-electron chi connectivity index (χ3n) is 13.8. The molecule has 0 unspecified atom stereocenters. The Morgan fingerprint density at radius 3 is 1.66 bits per heavy atom. The molecular weight excluding hydrogens is 777 g/mol. The molecule has 3 nitrogen and oxygen atoms in total. The lowest BCUT2D eigenvalue weighted by Crippen LogP contribution is -2.16. The summed E-state index contributed by atoms with van der Waals surface area (Å²) in [4.78, 5) is 2.42. The normalized spacial score (nSPS) is 13.0. The lowest BCUT2D eigenvalue weighted by atomic mass is 9.82. The molecule has 0 atom stereocenters. The number of nitrogens with zero attached hydrogens (tertiary/aromatic N) is 2. The Bertz CT molecular complexity index is 3740. The van der Waals surface area contributed by atoms with Crippen molar-refractivity contribution >= 4 is 71.6 Å². The van der Waals surface area contributed by atoms with Crippen molar-refractivity contribution in [3.05, 3.63) is 230 Å². The number of hydrogen-bond acceptors (Lipinski definition) is 2. The predicted octanol–water partition coefficient (Wildman–Crippen LogP) is 16.9. The molecule has 2 heterocycles. The largest absolute Gasteiger partial charge is 0.454 e. The van der Waals surface area contributed by atoms with Crippen molar-refractivity contribution in [3.8, 4) is 39.1 Å². The molecule has 1 aliphatic carbocycles. The van der Waals surface area contributed by atoms with Gasteiger partial charge >= 0.3 is 0 Å². The highest BCUT2D eigenvalue weighted by Crippen LogP contribution is 2.55. The monoisotopic (exact) mass is 818 g/mol. The van der Waals surface area contributed by atoms with Gasteiger partial charge in [0.25, 0.3) is 0 Å². The molecule has 0 bridgehead atoms. The number of para-hydroxylation sites is 3. The number of benzene rings is 10. The summed E-state index contributed by atoms with van der Waals surface area (Å²) < 4.78 is 9.27. The number of hydrogen-bond donors (Lipinski definition) is 0. The number of furan rings is 1. The van der Waals surface area contributed by atoms with Crippen LogP contribution in [0.25, 0.3) is 93.6 Å². The van der Waals surface area contributed by atoms with Gasteiger partial charge in [0.15, 0.2) is 5.58 Å². The van der Waals surface area contributed by atoms with E-state index < -0.39 is 0 Å². The van der Waals surface area contributed by atoms with Crippen molar-refractivity contribution < 1.29 is 4.42 Å². The first-order valence-electron chi connectivity index (χ1n) is 22.2. The standard InChI is InChI=1S/C61H42N2O/c1-61(2)51-19-8-5-17-49(51)59-52(61)20-12-23-55(59)63(56-24-11-18-50-58-46-14-4-3-13-43(46)33-38-57(58)64-60(50)56)45-36-31-42(32-37-45)40-27-25-39(26-28-40)41-29-34-44(35-30-41)62-53-21-9-6-15-47(53)48-16-7-10-22-54(48)62/h3-38H,1-2H3. The highest BCUT2D eigenvalue weighted by Gasteiger charge is 2.38. The molecule has 3 heteroatoms. The van der Waals surface area contributed by atoms with Crippen molar-refractivity contribution in [1.29, 1.82) is 0 Å². The average Bonchev–Trinajstić information content (AvgIpc) is 3.98. The molecule has 0 radical (unpaired) electrons. The van der Waals surface area contributed by atoms with Gasteiger partial charge in [-0.2, -0.15) is 0 Å². The maximum Gasteiger partial charge on any atom is 0.159 e. The molecular formula is C61H42N2O. The van der Waals surface area contributed by atoms with Crippen molar-refractivity contribution in [2.75, 3.05) is 4.90 Å². The van der Waals surface area contributed by atoms with Crippen LogP contribution in [0.3, 0.4) is 0 Å². The van der Waals surface area contributed by atoms with Crippen LogP contribution in [0.1, 0.15) is 25.0 Å². The molecule has 0 saturated heterocycles. The number of rotatable bonds is 6. The SMILES string of the molecule is CC1(C)c2ccccc2-c2c(N(c3ccc(-c4ccc(-c5ccc(-n6c7ccccc7c7ccccc76)cc5)cc4)cc3)c3cccc4c3oc3ccc5ccccc5c34)cccc21. The van der Waals surface area contributed by atoms with Crippen molar-refractivity contribution in [2.45, 2.75) is 19.3 Å². The topological polar surface area (TPSA) is 21.3 Å². The fourth-order valence-electron chi connectivity index (χ4n) is 10.7. The van der Waals surface area contributed by atoms with Gasteiger partial charge in [-0.3, -0.25) is 0 Å². The second-order valence-electron chi connectivity index (χ2n) is 17.7. The molecule has 0 amide bonds. The molecule has 2 aromatic heterocycles. The Kier molecular flexibility index (Phi) is 7.95. The van der Waals surface area contributed by atoms with Crippen LogP contribution in [0, 0.1) is 0 Å². The Morgan fingerprint density at radius 1 is 0.422 bits per heavy atom. The summed E-state index contributed by atoms with van der Waals surface area (Å²) >= 11 is 0. The summed E-state index contributed by atoms with van der Waals surface area (Å²) in [5.74, 6) is 0. The molecule has 0 saturated carbocycles. The Balaban J connectivity index is 0.891. The van der Waals surface area contributed by atoms with Crippen molar-refractivity contribution in [1.82, 2.24) is 4.57 Å². The molecule has 13 rings (SSSR count). The zero-order valence-corrected chi connectivity index (χ0v) is 35.6. The highest BCUT2D eigenvalue weighted by molar-refractivity contribution is 6.21. The molecule has 0 N–H and O–H groups in total. The Morgan fingerprint density at radius 2 is 0.953 bits per heavy atom. The highest BCUT2D eigenvalue weighted by atomic mass is 16.3. The molecule has 0 fully saturated rings. The van der Waals surface area contributed by atoms with Crippen LogP contribution in [-0.2, 0) is 5.41 Å². The Hall–Kier alpha value is -8.14. The molecule has 12 aromatic rings. The third-order valence-corrected chi connectivity index (χ3v) is 13.8. The summed E-state index contributed by atoms with van der Waals surface area (Å²) in [5.41, 5.74) is 18.4. The van der Waals surface area contributed by atoms with Crippen LogP contribution < -0.4 is 4.90 Å². The fraction of sp³-hybridized carbons (Fsp3) is 0.0492. The van der Waals surface area contributed by atoms with E-state index in [0.29, 0.717) is 0 Å². The molecule has 0 aliphatic heterocycles. The van der Waals surface area contributed by atoms with E-state index in [0.717, 1.165) is 50.3 Å². The van der Waals surface area contributed by atoms with Crippen LogP contribution in [0.15, 0.2) is 223 Å². The number of aromatic nitrogens is 1. The van der Waals surface area contributed by atoms with Crippen LogP contribution in [-0.4, -0.2) is 4.57 Å². The van der Waals surface area contributed by atoms with Gasteiger partial charge in [0.2, 0.25) is 0 Å². The summed E-state index contributed by atoms with van der Waals surface area (Å²) in [6, 6.07) is 79.4. The van der Waals surface area contributed by atoms with Gasteiger partial charge in [0.05, 0.1) is 22.4 Å². The van der Waals surface area contributed by atoms with E-state index in [1.54, 1.807) is 0 Å². The second-order valence-corrected chi connectivity index (χ2v) is 17.7. The smallest absolute Gasteiger partial charge is 0.159 e. The molecule has 64 heavy (non-hydrogen) atoms. The predicted molar refractivity (Wildman–Crippen MR) is 269 cm³/mol. The first-order valence-corrected chi connectivity index (χ1v) is 22.2. The van der Waals surface area contributed by atoms with Crippen LogP contribution >= 0.6 is 0 Å². The molecule has 1 aliphatic rings. The zero-order valence-electron chi connectivity index (χ0n) is 35.6.